The average Bonchev–Trinajstić information content (AvgIpc) is 2.42. The molecule has 0 unspecified atom stereocenters. The zero-order valence-corrected chi connectivity index (χ0v) is 11.8. The van der Waals surface area contributed by atoms with Crippen LogP contribution in [0.1, 0.15) is 5.56 Å². The van der Waals surface area contributed by atoms with Gasteiger partial charge in [-0.2, -0.15) is 0 Å². The molecule has 2 aromatic rings. The topological polar surface area (TPSA) is 82.3 Å². The van der Waals surface area contributed by atoms with Gasteiger partial charge in [-0.25, -0.2) is 15.8 Å². The summed E-state index contributed by atoms with van der Waals surface area (Å²) >= 11 is 3.33. The van der Waals surface area contributed by atoms with Crippen LogP contribution in [0.3, 0.4) is 0 Å². The van der Waals surface area contributed by atoms with Crippen molar-refractivity contribution in [1.82, 2.24) is 9.97 Å². The quantitative estimate of drug-likeness (QED) is 0.649. The van der Waals surface area contributed by atoms with E-state index in [9.17, 15) is 0 Å². The maximum absolute atomic E-state index is 5.69. The third kappa shape index (κ3) is 3.40. The minimum atomic E-state index is 0.387. The van der Waals surface area contributed by atoms with Gasteiger partial charge in [-0.3, -0.25) is 0 Å². The highest BCUT2D eigenvalue weighted by Crippen LogP contribution is 2.31. The summed E-state index contributed by atoms with van der Waals surface area (Å²) in [5, 5.41) is 0. The molecule has 0 aliphatic carbocycles. The van der Waals surface area contributed by atoms with E-state index in [1.54, 1.807) is 7.11 Å². The predicted molar refractivity (Wildman–Crippen MR) is 74.8 cm³/mol. The molecule has 0 bridgehead atoms. The lowest BCUT2D eigenvalue weighted by molar-refractivity contribution is 0.184. The number of nitrogens with two attached hydrogens (primary N) is 1. The van der Waals surface area contributed by atoms with Gasteiger partial charge >= 0.3 is 0 Å². The Labute approximate surface area is 119 Å². The summed E-state index contributed by atoms with van der Waals surface area (Å²) in [5.74, 6) is 6.84. The fraction of sp³-hybridized carbons (Fsp3) is 0.167. The van der Waals surface area contributed by atoms with Gasteiger partial charge < -0.3 is 14.9 Å². The monoisotopic (exact) mass is 324 g/mol. The molecular formula is C12H13BrN4O2. The lowest BCUT2D eigenvalue weighted by atomic mass is 10.2. The third-order valence-corrected chi connectivity index (χ3v) is 3.03. The summed E-state index contributed by atoms with van der Waals surface area (Å²) in [6, 6.07) is 7.57. The fourth-order valence-corrected chi connectivity index (χ4v) is 1.90. The van der Waals surface area contributed by atoms with E-state index >= 15 is 0 Å². The summed E-state index contributed by atoms with van der Waals surface area (Å²) in [4.78, 5) is 8.00. The zero-order chi connectivity index (χ0) is 13.7. The molecule has 1 aromatic heterocycles. The standard InChI is InChI=1S/C12H13BrN4O2/c1-18-6-8-3-2-4-9(5-8)19-12-10(13)11(17-14)15-7-16-12/h2-5,7H,6,14H2,1H3,(H,15,16,17). The maximum Gasteiger partial charge on any atom is 0.238 e. The highest BCUT2D eigenvalue weighted by atomic mass is 79.9. The number of ether oxygens (including phenoxy) is 2. The van der Waals surface area contributed by atoms with Crippen LogP contribution in [0.15, 0.2) is 35.1 Å². The second-order valence-corrected chi connectivity index (χ2v) is 4.46. The van der Waals surface area contributed by atoms with Gasteiger partial charge in [0.25, 0.3) is 0 Å². The Morgan fingerprint density at radius 3 is 2.95 bits per heavy atom. The predicted octanol–water partition coefficient (Wildman–Crippen LogP) is 2.46. The van der Waals surface area contributed by atoms with E-state index < -0.39 is 0 Å². The van der Waals surface area contributed by atoms with E-state index in [1.165, 1.54) is 6.33 Å². The molecule has 0 saturated heterocycles. The molecule has 7 heteroatoms. The Balaban J connectivity index is 2.23. The molecule has 0 atom stereocenters. The van der Waals surface area contributed by atoms with E-state index in [0.29, 0.717) is 28.5 Å². The summed E-state index contributed by atoms with van der Waals surface area (Å²) in [6.07, 6.45) is 1.37. The second-order valence-electron chi connectivity index (χ2n) is 3.67. The first-order valence-electron chi connectivity index (χ1n) is 5.47. The van der Waals surface area contributed by atoms with E-state index in [2.05, 4.69) is 31.3 Å². The Morgan fingerprint density at radius 2 is 2.21 bits per heavy atom. The highest BCUT2D eigenvalue weighted by Gasteiger charge is 2.10. The van der Waals surface area contributed by atoms with Gasteiger partial charge in [0, 0.05) is 7.11 Å². The van der Waals surface area contributed by atoms with Crippen LogP contribution in [-0.2, 0) is 11.3 Å². The number of nitrogens with one attached hydrogen (secondary N) is 1. The average molecular weight is 325 g/mol. The van der Waals surface area contributed by atoms with E-state index in [4.69, 9.17) is 15.3 Å². The molecule has 6 nitrogen and oxygen atoms in total. The Morgan fingerprint density at radius 1 is 1.37 bits per heavy atom. The number of nitrogens with zero attached hydrogens (tertiary/aromatic N) is 2. The SMILES string of the molecule is COCc1cccc(Oc2ncnc(NN)c2Br)c1. The fourth-order valence-electron chi connectivity index (χ4n) is 1.50. The Kier molecular flexibility index (Phi) is 4.67. The van der Waals surface area contributed by atoms with Crippen molar-refractivity contribution in [2.24, 2.45) is 5.84 Å². The lowest BCUT2D eigenvalue weighted by Gasteiger charge is -2.09. The van der Waals surface area contributed by atoms with Crippen LogP contribution in [-0.4, -0.2) is 17.1 Å². The van der Waals surface area contributed by atoms with Crippen molar-refractivity contribution in [3.8, 4) is 11.6 Å². The number of anilines is 1. The van der Waals surface area contributed by atoms with Gasteiger partial charge in [0.2, 0.25) is 5.88 Å². The number of hydrogen-bond acceptors (Lipinski definition) is 6. The van der Waals surface area contributed by atoms with Crippen LogP contribution in [0, 0.1) is 0 Å². The minimum Gasteiger partial charge on any atom is -0.438 e. The number of hydrazine groups is 1. The molecule has 0 aliphatic rings. The van der Waals surface area contributed by atoms with Crippen LogP contribution < -0.4 is 16.0 Å². The first-order chi connectivity index (χ1) is 9.24. The summed E-state index contributed by atoms with van der Waals surface area (Å²) in [6.45, 7) is 0.526. The summed E-state index contributed by atoms with van der Waals surface area (Å²) in [7, 11) is 1.65. The number of aromatic nitrogens is 2. The molecule has 19 heavy (non-hydrogen) atoms. The van der Waals surface area contributed by atoms with Crippen LogP contribution in [0.4, 0.5) is 5.82 Å². The van der Waals surface area contributed by atoms with Gasteiger partial charge in [0.05, 0.1) is 6.61 Å². The second kappa shape index (κ2) is 6.46. The molecular weight excluding hydrogens is 312 g/mol. The number of hydrogen-bond donors (Lipinski definition) is 2. The molecule has 2 rings (SSSR count). The molecule has 0 amide bonds. The largest absolute Gasteiger partial charge is 0.438 e. The molecule has 0 radical (unpaired) electrons. The third-order valence-electron chi connectivity index (χ3n) is 2.32. The van der Waals surface area contributed by atoms with E-state index in [0.717, 1.165) is 5.56 Å². The van der Waals surface area contributed by atoms with E-state index in [-0.39, 0.29) is 0 Å². The van der Waals surface area contributed by atoms with Crippen molar-refractivity contribution < 1.29 is 9.47 Å². The van der Waals surface area contributed by atoms with Crippen LogP contribution >= 0.6 is 15.9 Å². The molecule has 0 aliphatic heterocycles. The van der Waals surface area contributed by atoms with Crippen molar-refractivity contribution in [3.05, 3.63) is 40.6 Å². The molecule has 0 spiro atoms. The van der Waals surface area contributed by atoms with Gasteiger partial charge in [-0.15, -0.1) is 0 Å². The van der Waals surface area contributed by atoms with Crippen LogP contribution in [0.25, 0.3) is 0 Å². The molecule has 3 N–H and O–H groups in total. The van der Waals surface area contributed by atoms with E-state index in [1.807, 2.05) is 24.3 Å². The van der Waals surface area contributed by atoms with Crippen molar-refractivity contribution in [2.45, 2.75) is 6.61 Å². The molecule has 1 heterocycles. The van der Waals surface area contributed by atoms with Crippen LogP contribution in [0.2, 0.25) is 0 Å². The van der Waals surface area contributed by atoms with Gasteiger partial charge in [0.1, 0.15) is 16.5 Å². The first kappa shape index (κ1) is 13.7. The molecule has 0 fully saturated rings. The summed E-state index contributed by atoms with van der Waals surface area (Å²) < 4.78 is 11.3. The van der Waals surface area contributed by atoms with Crippen molar-refractivity contribution >= 4 is 21.7 Å². The Hall–Kier alpha value is -1.70. The summed E-state index contributed by atoms with van der Waals surface area (Å²) in [5.41, 5.74) is 3.47. The number of halogens is 1. The molecule has 100 valence electrons. The molecule has 0 saturated carbocycles. The smallest absolute Gasteiger partial charge is 0.238 e. The number of benzene rings is 1. The van der Waals surface area contributed by atoms with Crippen molar-refractivity contribution in [1.29, 1.82) is 0 Å². The van der Waals surface area contributed by atoms with Gasteiger partial charge in [0.15, 0.2) is 5.82 Å². The van der Waals surface area contributed by atoms with Gasteiger partial charge in [-0.1, -0.05) is 12.1 Å². The van der Waals surface area contributed by atoms with Crippen LogP contribution in [0.5, 0.6) is 11.6 Å². The molecule has 1 aromatic carbocycles. The minimum absolute atomic E-state index is 0.387. The first-order valence-corrected chi connectivity index (χ1v) is 6.26. The zero-order valence-electron chi connectivity index (χ0n) is 10.3. The Bertz CT molecular complexity index is 565. The van der Waals surface area contributed by atoms with Gasteiger partial charge in [-0.05, 0) is 33.6 Å². The number of nitrogen functional groups attached to an aromatic ring is 1. The maximum atomic E-state index is 5.69. The van der Waals surface area contributed by atoms with Crippen molar-refractivity contribution in [3.63, 3.8) is 0 Å². The normalized spacial score (nSPS) is 10.3. The highest BCUT2D eigenvalue weighted by molar-refractivity contribution is 9.10. The lowest BCUT2D eigenvalue weighted by Crippen LogP contribution is -2.09. The number of rotatable bonds is 5. The van der Waals surface area contributed by atoms with Crippen molar-refractivity contribution in [2.75, 3.05) is 12.5 Å². The number of methoxy groups -OCH3 is 1.